The number of aromatic amines is 1. The fraction of sp³-hybridized carbons (Fsp3) is 0.500. The third-order valence-corrected chi connectivity index (χ3v) is 8.94. The Kier molecular flexibility index (Phi) is 12.0. The summed E-state index contributed by atoms with van der Waals surface area (Å²) in [6, 6.07) is 5.74. The van der Waals surface area contributed by atoms with E-state index in [4.69, 9.17) is 21.1 Å². The van der Waals surface area contributed by atoms with Crippen molar-refractivity contribution in [3.05, 3.63) is 57.5 Å². The first-order valence-corrected chi connectivity index (χ1v) is 16.5. The van der Waals surface area contributed by atoms with Crippen LogP contribution < -0.4 is 10.1 Å². The Morgan fingerprint density at radius 2 is 1.83 bits per heavy atom. The van der Waals surface area contributed by atoms with Crippen LogP contribution in [-0.2, 0) is 19.1 Å². The van der Waals surface area contributed by atoms with E-state index in [1.165, 1.54) is 7.11 Å². The van der Waals surface area contributed by atoms with Gasteiger partial charge < -0.3 is 19.8 Å². The van der Waals surface area contributed by atoms with Gasteiger partial charge in [-0.1, -0.05) is 31.9 Å². The first kappa shape index (κ1) is 35.8. The van der Waals surface area contributed by atoms with Crippen LogP contribution in [0.5, 0.6) is 5.75 Å². The van der Waals surface area contributed by atoms with Crippen LogP contribution in [0.4, 0.5) is 0 Å². The minimum absolute atomic E-state index is 0.0560. The molecule has 0 aliphatic heterocycles. The summed E-state index contributed by atoms with van der Waals surface area (Å²) in [6.45, 7) is 8.63. The van der Waals surface area contributed by atoms with E-state index >= 15 is 0 Å². The Hall–Kier alpha value is -4.05. The van der Waals surface area contributed by atoms with E-state index < -0.39 is 42.1 Å². The molecule has 0 spiro atoms. The lowest BCUT2D eigenvalue weighted by molar-refractivity contribution is -0.133. The first-order chi connectivity index (χ1) is 22.3. The van der Waals surface area contributed by atoms with Gasteiger partial charge in [0, 0.05) is 40.8 Å². The van der Waals surface area contributed by atoms with Gasteiger partial charge in [0.1, 0.15) is 11.5 Å². The van der Waals surface area contributed by atoms with E-state index in [1.54, 1.807) is 38.1 Å². The quantitative estimate of drug-likeness (QED) is 0.148. The lowest BCUT2D eigenvalue weighted by Crippen LogP contribution is -2.47. The number of benzene rings is 1. The van der Waals surface area contributed by atoms with Crippen LogP contribution in [0, 0.1) is 38.5 Å². The summed E-state index contributed by atoms with van der Waals surface area (Å²) in [5.74, 6) is -2.44. The Bertz CT molecular complexity index is 1660. The summed E-state index contributed by atoms with van der Waals surface area (Å²) in [7, 11) is 1.52. The van der Waals surface area contributed by atoms with Gasteiger partial charge in [-0.25, -0.2) is 4.79 Å². The minimum Gasteiger partial charge on any atom is -0.496 e. The molecule has 11 heteroatoms. The molecule has 0 unspecified atom stereocenters. The van der Waals surface area contributed by atoms with E-state index in [2.05, 4.69) is 15.3 Å². The second kappa shape index (κ2) is 15.7. The molecule has 252 valence electrons. The predicted molar refractivity (Wildman–Crippen MR) is 179 cm³/mol. The number of halogens is 1. The number of hydrogen-bond acceptors (Lipinski definition) is 8. The minimum atomic E-state index is -1.06. The fourth-order valence-corrected chi connectivity index (χ4v) is 6.67. The fourth-order valence-electron chi connectivity index (χ4n) is 6.47. The molecule has 10 nitrogen and oxygen atoms in total. The number of esters is 1. The number of amides is 1. The van der Waals surface area contributed by atoms with Gasteiger partial charge in [-0.2, -0.15) is 0 Å². The van der Waals surface area contributed by atoms with Gasteiger partial charge >= 0.3 is 5.97 Å². The number of aromatic nitrogens is 2. The van der Waals surface area contributed by atoms with E-state index in [0.29, 0.717) is 63.5 Å². The summed E-state index contributed by atoms with van der Waals surface area (Å²) in [5, 5.41) is 3.99. The molecular weight excluding hydrogens is 622 g/mol. The van der Waals surface area contributed by atoms with Crippen molar-refractivity contribution in [1.29, 1.82) is 0 Å². The molecular formula is C36H44ClN3O7. The molecule has 2 aromatic heterocycles. The monoisotopic (exact) mass is 665 g/mol. The molecule has 2 N–H and O–H groups in total. The second-order valence-corrected chi connectivity index (χ2v) is 13.4. The summed E-state index contributed by atoms with van der Waals surface area (Å²) in [5.41, 5.74) is 3.17. The van der Waals surface area contributed by atoms with Gasteiger partial charge in [-0.15, -0.1) is 0 Å². The van der Waals surface area contributed by atoms with Crippen LogP contribution in [-0.4, -0.2) is 59.0 Å². The number of rotatable bonds is 14. The number of Topliss-reactive ketones (excluding diaryl/α,β-unsaturated/α-hetero) is 3. The van der Waals surface area contributed by atoms with E-state index in [-0.39, 0.29) is 30.3 Å². The number of fused-ring (bicyclic) bond motifs is 1. The maximum atomic E-state index is 13.8. The molecule has 1 saturated carbocycles. The van der Waals surface area contributed by atoms with Crippen molar-refractivity contribution >= 4 is 51.7 Å². The molecule has 47 heavy (non-hydrogen) atoms. The highest BCUT2D eigenvalue weighted by atomic mass is 35.5. The number of H-pyrrole nitrogens is 1. The molecule has 1 amide bonds. The second-order valence-electron chi connectivity index (χ2n) is 13.0. The average Bonchev–Trinajstić information content (AvgIpc) is 3.43. The molecule has 0 saturated heterocycles. The van der Waals surface area contributed by atoms with Gasteiger partial charge in [0.2, 0.25) is 5.91 Å². The zero-order valence-corrected chi connectivity index (χ0v) is 28.7. The van der Waals surface area contributed by atoms with E-state index in [9.17, 15) is 24.0 Å². The van der Waals surface area contributed by atoms with Crippen molar-refractivity contribution in [1.82, 2.24) is 15.3 Å². The van der Waals surface area contributed by atoms with E-state index in [1.807, 2.05) is 20.8 Å². The highest BCUT2D eigenvalue weighted by Gasteiger charge is 2.33. The van der Waals surface area contributed by atoms with Crippen LogP contribution in [0.15, 0.2) is 24.3 Å². The molecule has 0 radical (unpaired) electrons. The maximum absolute atomic E-state index is 13.8. The van der Waals surface area contributed by atoms with Crippen molar-refractivity contribution < 1.29 is 33.4 Å². The Morgan fingerprint density at radius 1 is 1.09 bits per heavy atom. The lowest BCUT2D eigenvalue weighted by atomic mass is 9.82. The SMILES string of the molecule is COc1cc(Cl)cc2[nH]c(C(=O)C[C@@H](CC(C)C)C(=O)N[C@@H](C[C@@H]3CCCCC3=O)C(=O)COC(=O)c3c(C)cc(C)nc3C)cc12. The number of ketones is 3. The largest absolute Gasteiger partial charge is 0.496 e. The Balaban J connectivity index is 1.52. The van der Waals surface area contributed by atoms with Gasteiger partial charge in [-0.05, 0) is 82.2 Å². The topological polar surface area (TPSA) is 145 Å². The predicted octanol–water partition coefficient (Wildman–Crippen LogP) is 6.45. The highest BCUT2D eigenvalue weighted by Crippen LogP contribution is 2.31. The zero-order chi connectivity index (χ0) is 34.4. The molecule has 1 aliphatic carbocycles. The highest BCUT2D eigenvalue weighted by molar-refractivity contribution is 6.31. The van der Waals surface area contributed by atoms with Gasteiger partial charge in [-0.3, -0.25) is 24.2 Å². The number of nitrogens with one attached hydrogen (secondary N) is 2. The number of pyridine rings is 1. The van der Waals surface area contributed by atoms with Crippen LogP contribution in [0.1, 0.15) is 96.6 Å². The van der Waals surface area contributed by atoms with Gasteiger partial charge in [0.05, 0.1) is 35.6 Å². The van der Waals surface area contributed by atoms with Crippen molar-refractivity contribution in [3.63, 3.8) is 0 Å². The summed E-state index contributed by atoms with van der Waals surface area (Å²) >= 11 is 6.20. The van der Waals surface area contributed by atoms with Gasteiger partial charge in [0.15, 0.2) is 18.2 Å². The first-order valence-electron chi connectivity index (χ1n) is 16.1. The third kappa shape index (κ3) is 9.06. The number of carbonyl (C=O) groups excluding carboxylic acids is 5. The normalized spacial score (nSPS) is 16.2. The molecule has 1 fully saturated rings. The van der Waals surface area contributed by atoms with Gasteiger partial charge in [0.25, 0.3) is 0 Å². The number of nitrogens with zero attached hydrogens (tertiary/aromatic N) is 1. The molecule has 3 aromatic rings. The van der Waals surface area contributed by atoms with Crippen molar-refractivity contribution in [2.75, 3.05) is 13.7 Å². The molecule has 2 heterocycles. The molecule has 4 rings (SSSR count). The number of ether oxygens (including phenoxy) is 2. The maximum Gasteiger partial charge on any atom is 0.340 e. The Morgan fingerprint density at radius 3 is 2.49 bits per heavy atom. The van der Waals surface area contributed by atoms with E-state index in [0.717, 1.165) is 18.5 Å². The molecule has 0 bridgehead atoms. The number of hydrogen-bond donors (Lipinski definition) is 2. The summed E-state index contributed by atoms with van der Waals surface area (Å²) in [4.78, 5) is 74.0. The smallest absolute Gasteiger partial charge is 0.340 e. The third-order valence-electron chi connectivity index (χ3n) is 8.73. The number of aryl methyl sites for hydroxylation is 3. The Labute approximate surface area is 280 Å². The molecule has 1 aliphatic rings. The van der Waals surface area contributed by atoms with Crippen molar-refractivity contribution in [2.45, 2.75) is 85.6 Å². The van der Waals surface area contributed by atoms with Crippen LogP contribution >= 0.6 is 11.6 Å². The molecule has 3 atom stereocenters. The number of methoxy groups -OCH3 is 1. The summed E-state index contributed by atoms with van der Waals surface area (Å²) in [6.07, 6.45) is 3.09. The van der Waals surface area contributed by atoms with Crippen LogP contribution in [0.2, 0.25) is 5.02 Å². The van der Waals surface area contributed by atoms with Crippen molar-refractivity contribution in [3.8, 4) is 5.75 Å². The number of carbonyl (C=O) groups is 5. The van der Waals surface area contributed by atoms with Crippen molar-refractivity contribution in [2.24, 2.45) is 17.8 Å². The average molecular weight is 666 g/mol. The summed E-state index contributed by atoms with van der Waals surface area (Å²) < 4.78 is 10.8. The molecule has 1 aromatic carbocycles. The zero-order valence-electron chi connectivity index (χ0n) is 28.0. The van der Waals surface area contributed by atoms with Crippen LogP contribution in [0.25, 0.3) is 10.9 Å². The van der Waals surface area contributed by atoms with Crippen LogP contribution in [0.3, 0.4) is 0 Å². The standard InChI is InChI=1S/C36H44ClN3O7/c1-19(2)11-24(14-31(42)29-17-26-27(39-29)15-25(37)16-33(26)46-6)35(44)40-28(13-23-9-7-8-10-30(23)41)32(43)18-47-36(45)34-20(3)12-21(4)38-22(34)5/h12,15-17,19,23-24,28,39H,7-11,13-14,18H2,1-6H3,(H,40,44)/t23-,24+,28-/m0/s1. The lowest BCUT2D eigenvalue weighted by Gasteiger charge is -2.27.